The largest absolute Gasteiger partial charge is 0.468 e. The molecule has 0 aliphatic carbocycles. The van der Waals surface area contributed by atoms with Gasteiger partial charge in [0.25, 0.3) is 0 Å². The molecule has 5 nitrogen and oxygen atoms in total. The molecule has 14 heavy (non-hydrogen) atoms. The number of carbonyl (C=O) groups is 1. The lowest BCUT2D eigenvalue weighted by Gasteiger charge is -2.22. The summed E-state index contributed by atoms with van der Waals surface area (Å²) in [6.45, 7) is 3.53. The standard InChI is InChI=1S/C9H13N3O2/c1-6-5-12-4-3-10-7(8(12)11-6)9(13)14-2/h5,7,10H,3-4H2,1-2H3/t7-/m1/s1. The summed E-state index contributed by atoms with van der Waals surface area (Å²) in [5, 5.41) is 3.08. The van der Waals surface area contributed by atoms with E-state index in [2.05, 4.69) is 10.3 Å². The van der Waals surface area contributed by atoms with Gasteiger partial charge < -0.3 is 9.30 Å². The van der Waals surface area contributed by atoms with E-state index in [1.165, 1.54) is 7.11 Å². The normalized spacial score (nSPS) is 20.3. The zero-order valence-corrected chi connectivity index (χ0v) is 8.28. The lowest BCUT2D eigenvalue weighted by molar-refractivity contribution is -0.143. The predicted molar refractivity (Wildman–Crippen MR) is 49.7 cm³/mol. The van der Waals surface area contributed by atoms with E-state index in [9.17, 15) is 4.79 Å². The zero-order valence-electron chi connectivity index (χ0n) is 8.28. The zero-order chi connectivity index (χ0) is 10.1. The number of rotatable bonds is 1. The number of aryl methyl sites for hydroxylation is 1. The Morgan fingerprint density at radius 3 is 3.29 bits per heavy atom. The molecule has 2 rings (SSSR count). The van der Waals surface area contributed by atoms with Crippen molar-refractivity contribution < 1.29 is 9.53 Å². The maximum atomic E-state index is 11.4. The molecule has 1 aliphatic rings. The minimum absolute atomic E-state index is 0.281. The van der Waals surface area contributed by atoms with Crippen LogP contribution in [0.25, 0.3) is 0 Å². The highest BCUT2D eigenvalue weighted by molar-refractivity contribution is 5.76. The Hall–Kier alpha value is -1.36. The molecule has 0 saturated carbocycles. The van der Waals surface area contributed by atoms with Crippen LogP contribution < -0.4 is 5.32 Å². The van der Waals surface area contributed by atoms with E-state index < -0.39 is 6.04 Å². The van der Waals surface area contributed by atoms with Crippen LogP contribution in [0.1, 0.15) is 17.6 Å². The van der Waals surface area contributed by atoms with Gasteiger partial charge in [0, 0.05) is 19.3 Å². The van der Waals surface area contributed by atoms with Crippen LogP contribution >= 0.6 is 0 Å². The molecular weight excluding hydrogens is 182 g/mol. The number of imidazole rings is 1. The molecule has 76 valence electrons. The van der Waals surface area contributed by atoms with E-state index in [0.717, 1.165) is 24.6 Å². The summed E-state index contributed by atoms with van der Waals surface area (Å²) in [6, 6.07) is -0.414. The van der Waals surface area contributed by atoms with E-state index in [4.69, 9.17) is 4.74 Å². The topological polar surface area (TPSA) is 56.1 Å². The van der Waals surface area contributed by atoms with Crippen molar-refractivity contribution in [2.24, 2.45) is 0 Å². The third-order valence-corrected chi connectivity index (χ3v) is 2.32. The summed E-state index contributed by atoms with van der Waals surface area (Å²) in [4.78, 5) is 15.7. The van der Waals surface area contributed by atoms with Crippen LogP contribution in [-0.2, 0) is 16.1 Å². The summed E-state index contributed by atoms with van der Waals surface area (Å²) < 4.78 is 6.69. The maximum absolute atomic E-state index is 11.4. The van der Waals surface area contributed by atoms with Gasteiger partial charge in [0.1, 0.15) is 5.82 Å². The highest BCUT2D eigenvalue weighted by Crippen LogP contribution is 2.17. The van der Waals surface area contributed by atoms with Gasteiger partial charge in [-0.1, -0.05) is 0 Å². The lowest BCUT2D eigenvalue weighted by Crippen LogP contribution is -2.38. The highest BCUT2D eigenvalue weighted by Gasteiger charge is 2.28. The molecule has 0 saturated heterocycles. The van der Waals surface area contributed by atoms with Crippen LogP contribution in [0.3, 0.4) is 0 Å². The molecule has 0 aromatic carbocycles. The fraction of sp³-hybridized carbons (Fsp3) is 0.556. The van der Waals surface area contributed by atoms with Gasteiger partial charge in [0.2, 0.25) is 0 Å². The van der Waals surface area contributed by atoms with Crippen molar-refractivity contribution in [1.29, 1.82) is 0 Å². The van der Waals surface area contributed by atoms with Gasteiger partial charge in [-0.2, -0.15) is 0 Å². The molecule has 0 bridgehead atoms. The van der Waals surface area contributed by atoms with Crippen LogP contribution in [-0.4, -0.2) is 29.2 Å². The first-order chi connectivity index (χ1) is 6.72. The number of ether oxygens (including phenoxy) is 1. The summed E-state index contributed by atoms with van der Waals surface area (Å²) in [6.07, 6.45) is 1.95. The van der Waals surface area contributed by atoms with E-state index >= 15 is 0 Å². The average molecular weight is 195 g/mol. The minimum Gasteiger partial charge on any atom is -0.468 e. The third-order valence-electron chi connectivity index (χ3n) is 2.32. The summed E-state index contributed by atoms with van der Waals surface area (Å²) >= 11 is 0. The van der Waals surface area contributed by atoms with Crippen molar-refractivity contribution >= 4 is 5.97 Å². The maximum Gasteiger partial charge on any atom is 0.330 e. The fourth-order valence-corrected chi connectivity index (χ4v) is 1.70. The summed E-state index contributed by atoms with van der Waals surface area (Å²) in [5.41, 5.74) is 0.928. The molecule has 2 heterocycles. The predicted octanol–water partition coefficient (Wildman–Crippen LogP) is 0.00882. The number of hydrogen-bond acceptors (Lipinski definition) is 4. The monoisotopic (exact) mass is 195 g/mol. The molecule has 1 N–H and O–H groups in total. The molecule has 0 amide bonds. The second-order valence-corrected chi connectivity index (χ2v) is 3.34. The van der Waals surface area contributed by atoms with Crippen molar-refractivity contribution in [1.82, 2.24) is 14.9 Å². The van der Waals surface area contributed by atoms with Crippen molar-refractivity contribution in [2.75, 3.05) is 13.7 Å². The van der Waals surface area contributed by atoms with Crippen LogP contribution in [0.4, 0.5) is 0 Å². The summed E-state index contributed by atoms with van der Waals surface area (Å²) in [5.74, 6) is 0.470. The highest BCUT2D eigenvalue weighted by atomic mass is 16.5. The number of nitrogens with zero attached hydrogens (tertiary/aromatic N) is 2. The Labute approximate surface area is 82.1 Å². The SMILES string of the molecule is COC(=O)[C@@H]1NCCn2cc(C)nc21. The molecule has 1 aliphatic heterocycles. The fourth-order valence-electron chi connectivity index (χ4n) is 1.70. The van der Waals surface area contributed by atoms with Gasteiger partial charge >= 0.3 is 5.97 Å². The van der Waals surface area contributed by atoms with Crippen molar-refractivity contribution in [3.05, 3.63) is 17.7 Å². The molecule has 5 heteroatoms. The number of carbonyl (C=O) groups excluding carboxylic acids is 1. The summed E-state index contributed by atoms with van der Waals surface area (Å²) in [7, 11) is 1.39. The number of hydrogen-bond donors (Lipinski definition) is 1. The molecule has 0 spiro atoms. The first kappa shape index (κ1) is 9.21. The van der Waals surface area contributed by atoms with Crippen LogP contribution in [0.5, 0.6) is 0 Å². The van der Waals surface area contributed by atoms with E-state index in [-0.39, 0.29) is 5.97 Å². The van der Waals surface area contributed by atoms with Gasteiger partial charge in [0.15, 0.2) is 6.04 Å². The quantitative estimate of drug-likeness (QED) is 0.641. The van der Waals surface area contributed by atoms with Gasteiger partial charge in [-0.3, -0.25) is 5.32 Å². The van der Waals surface area contributed by atoms with Crippen LogP contribution in [0.15, 0.2) is 6.20 Å². The first-order valence-corrected chi connectivity index (χ1v) is 4.57. The Balaban J connectivity index is 2.34. The molecular formula is C9H13N3O2. The Morgan fingerprint density at radius 1 is 1.79 bits per heavy atom. The first-order valence-electron chi connectivity index (χ1n) is 4.57. The molecule has 0 radical (unpaired) electrons. The second-order valence-electron chi connectivity index (χ2n) is 3.34. The lowest BCUT2D eigenvalue weighted by atomic mass is 10.2. The molecule has 0 unspecified atom stereocenters. The molecule has 1 aromatic heterocycles. The van der Waals surface area contributed by atoms with Gasteiger partial charge in [-0.05, 0) is 6.92 Å². The number of fused-ring (bicyclic) bond motifs is 1. The molecule has 1 atom stereocenters. The minimum atomic E-state index is -0.414. The Morgan fingerprint density at radius 2 is 2.57 bits per heavy atom. The van der Waals surface area contributed by atoms with E-state index in [1.54, 1.807) is 0 Å². The van der Waals surface area contributed by atoms with Crippen LogP contribution in [0.2, 0.25) is 0 Å². The average Bonchev–Trinajstić information content (AvgIpc) is 2.56. The van der Waals surface area contributed by atoms with E-state index in [1.807, 2.05) is 17.7 Å². The van der Waals surface area contributed by atoms with Crippen molar-refractivity contribution in [3.63, 3.8) is 0 Å². The van der Waals surface area contributed by atoms with Gasteiger partial charge in [0.05, 0.1) is 12.8 Å². The number of methoxy groups -OCH3 is 1. The second kappa shape index (κ2) is 3.42. The van der Waals surface area contributed by atoms with Crippen molar-refractivity contribution in [3.8, 4) is 0 Å². The number of esters is 1. The molecule has 0 fully saturated rings. The number of nitrogens with one attached hydrogen (secondary N) is 1. The van der Waals surface area contributed by atoms with Crippen molar-refractivity contribution in [2.45, 2.75) is 19.5 Å². The van der Waals surface area contributed by atoms with E-state index in [0.29, 0.717) is 0 Å². The van der Waals surface area contributed by atoms with Gasteiger partial charge in [-0.25, -0.2) is 9.78 Å². The Kier molecular flexibility index (Phi) is 2.25. The smallest absolute Gasteiger partial charge is 0.330 e. The van der Waals surface area contributed by atoms with Gasteiger partial charge in [-0.15, -0.1) is 0 Å². The molecule has 1 aromatic rings. The number of aromatic nitrogens is 2. The third kappa shape index (κ3) is 1.39. The van der Waals surface area contributed by atoms with Crippen LogP contribution in [0, 0.1) is 6.92 Å². The Bertz CT molecular complexity index is 359.